The predicted molar refractivity (Wildman–Crippen MR) is 155 cm³/mol. The molecule has 0 bridgehead atoms. The van der Waals surface area contributed by atoms with Gasteiger partial charge in [0.1, 0.15) is 0 Å². The van der Waals surface area contributed by atoms with Gasteiger partial charge in [-0.05, 0) is 67.8 Å². The van der Waals surface area contributed by atoms with Crippen LogP contribution in [0.2, 0.25) is 0 Å². The summed E-state index contributed by atoms with van der Waals surface area (Å²) in [6.07, 6.45) is 3.60. The van der Waals surface area contributed by atoms with Gasteiger partial charge in [-0.2, -0.15) is 4.57 Å². The maximum atomic E-state index is 6.28. The van der Waals surface area contributed by atoms with Gasteiger partial charge >= 0.3 is 21.1 Å². The van der Waals surface area contributed by atoms with Crippen LogP contribution in [0, 0.1) is 12.1 Å². The summed E-state index contributed by atoms with van der Waals surface area (Å²) < 4.78 is 8.10. The van der Waals surface area contributed by atoms with Crippen molar-refractivity contribution in [2.24, 2.45) is 0 Å². The topological polar surface area (TPSA) is 59.5 Å². The van der Waals surface area contributed by atoms with Crippen LogP contribution in [-0.4, -0.2) is 25.1 Å². The number of benzene rings is 3. The molecule has 40 heavy (non-hydrogen) atoms. The van der Waals surface area contributed by atoms with Gasteiger partial charge in [-0.15, -0.1) is 47.5 Å². The summed E-state index contributed by atoms with van der Waals surface area (Å²) in [7, 11) is 0. The maximum Gasteiger partial charge on any atom is 2.00 e. The Labute approximate surface area is 246 Å². The number of para-hydroxylation sites is 1. The average molecular weight is 703 g/mol. The van der Waals surface area contributed by atoms with Crippen LogP contribution >= 0.6 is 0 Å². The van der Waals surface area contributed by atoms with Crippen LogP contribution in [0.1, 0.15) is 20.8 Å². The molecule has 7 heteroatoms. The molecule has 4 aromatic heterocycles. The van der Waals surface area contributed by atoms with Crippen molar-refractivity contribution in [3.05, 3.63) is 109 Å². The standard InChI is InChI=1S/C33H25N5O.Pt/c1-33(2,3)37(24-12-10-11-22(19-24)26-14-6-8-17-34-26)28-20-23(27-15-7-9-18-35-27)21-29-31(28)36-32-25-13-4-5-16-30(25)39-38(29)32;/h4-18,21H,1-3H3;/q-2;+2. The normalized spacial score (nSPS) is 11.7. The Balaban J connectivity index is 0.00000289. The fraction of sp³-hybridized carbons (Fsp3) is 0.121. The average Bonchev–Trinajstić information content (AvgIpc) is 3.50. The van der Waals surface area contributed by atoms with Gasteiger partial charge in [0.25, 0.3) is 0 Å². The van der Waals surface area contributed by atoms with Gasteiger partial charge in [0.2, 0.25) is 0 Å². The molecule has 0 saturated carbocycles. The molecule has 0 atom stereocenters. The first-order valence-electron chi connectivity index (χ1n) is 12.9. The van der Waals surface area contributed by atoms with Gasteiger partial charge in [0.15, 0.2) is 11.2 Å². The number of anilines is 2. The SMILES string of the molecule is CC(C)(C)N(c1[c-]c(-c2ccccn2)ccc1)c1[c-]c(-c2ccccn2)cc2c1nc1c3ccccc3on21.[Pt+2]. The molecule has 0 fully saturated rings. The quantitative estimate of drug-likeness (QED) is 0.175. The zero-order valence-corrected chi connectivity index (χ0v) is 24.5. The summed E-state index contributed by atoms with van der Waals surface area (Å²) in [6, 6.07) is 35.3. The molecule has 0 aliphatic rings. The molecule has 198 valence electrons. The van der Waals surface area contributed by atoms with Crippen molar-refractivity contribution in [2.75, 3.05) is 4.90 Å². The maximum absolute atomic E-state index is 6.28. The Morgan fingerprint density at radius 2 is 1.48 bits per heavy atom. The Morgan fingerprint density at radius 3 is 2.17 bits per heavy atom. The van der Waals surface area contributed by atoms with Crippen LogP contribution in [0.3, 0.4) is 0 Å². The molecule has 0 spiro atoms. The summed E-state index contributed by atoms with van der Waals surface area (Å²) in [5.74, 6) is 0. The van der Waals surface area contributed by atoms with E-state index in [0.29, 0.717) is 0 Å². The van der Waals surface area contributed by atoms with Crippen molar-refractivity contribution >= 4 is 39.0 Å². The first-order chi connectivity index (χ1) is 19.0. The molecule has 7 rings (SSSR count). The smallest absolute Gasteiger partial charge is 0.374 e. The third kappa shape index (κ3) is 4.39. The summed E-state index contributed by atoms with van der Waals surface area (Å²) in [6.45, 7) is 6.53. The van der Waals surface area contributed by atoms with Crippen molar-refractivity contribution in [2.45, 2.75) is 26.3 Å². The number of pyridine rings is 2. The van der Waals surface area contributed by atoms with Crippen LogP contribution in [0.4, 0.5) is 11.4 Å². The van der Waals surface area contributed by atoms with E-state index in [4.69, 9.17) is 9.51 Å². The van der Waals surface area contributed by atoms with E-state index < -0.39 is 0 Å². The van der Waals surface area contributed by atoms with Crippen molar-refractivity contribution in [3.63, 3.8) is 0 Å². The van der Waals surface area contributed by atoms with Gasteiger partial charge in [-0.1, -0.05) is 36.4 Å². The molecular formula is C33H25N5OPt. The van der Waals surface area contributed by atoms with E-state index in [0.717, 1.165) is 61.5 Å². The number of hydrogen-bond donors (Lipinski definition) is 0. The van der Waals surface area contributed by atoms with Gasteiger partial charge in [-0.25, -0.2) is 0 Å². The van der Waals surface area contributed by atoms with Crippen LogP contribution in [0.5, 0.6) is 0 Å². The van der Waals surface area contributed by atoms with Crippen molar-refractivity contribution in [3.8, 4) is 22.5 Å². The van der Waals surface area contributed by atoms with Gasteiger partial charge in [0.05, 0.1) is 5.39 Å². The van der Waals surface area contributed by atoms with E-state index in [9.17, 15) is 0 Å². The van der Waals surface area contributed by atoms with Crippen molar-refractivity contribution in [1.29, 1.82) is 0 Å². The molecular weight excluding hydrogens is 677 g/mol. The van der Waals surface area contributed by atoms with Crippen molar-refractivity contribution < 1.29 is 25.6 Å². The number of imidazole rings is 1. The second-order valence-electron chi connectivity index (χ2n) is 10.5. The minimum Gasteiger partial charge on any atom is -0.374 e. The van der Waals surface area contributed by atoms with Crippen molar-refractivity contribution in [1.82, 2.24) is 19.5 Å². The van der Waals surface area contributed by atoms with Gasteiger partial charge in [-0.3, -0.25) is 4.98 Å². The Morgan fingerprint density at radius 1 is 0.775 bits per heavy atom. The number of rotatable bonds is 4. The second-order valence-corrected chi connectivity index (χ2v) is 10.5. The first kappa shape index (κ1) is 26.0. The Bertz CT molecular complexity index is 1960. The molecule has 0 unspecified atom stereocenters. The van der Waals surface area contributed by atoms with E-state index in [1.807, 2.05) is 77.4 Å². The molecule has 0 aliphatic heterocycles. The monoisotopic (exact) mass is 702 g/mol. The summed E-state index contributed by atoms with van der Waals surface area (Å²) in [4.78, 5) is 16.5. The largest absolute Gasteiger partial charge is 2.00 e. The molecule has 4 heterocycles. The summed E-state index contributed by atoms with van der Waals surface area (Å²) in [5.41, 5.74) is 8.08. The Hall–Kier alpha value is -4.28. The van der Waals surface area contributed by atoms with Crippen LogP contribution in [0.25, 0.3) is 50.2 Å². The van der Waals surface area contributed by atoms with Crippen LogP contribution in [0.15, 0.2) is 102 Å². The van der Waals surface area contributed by atoms with E-state index in [2.05, 4.69) is 59.9 Å². The van der Waals surface area contributed by atoms with Gasteiger partial charge in [0, 0.05) is 29.0 Å². The summed E-state index contributed by atoms with van der Waals surface area (Å²) >= 11 is 0. The van der Waals surface area contributed by atoms with Crippen LogP contribution < -0.4 is 4.90 Å². The molecule has 6 nitrogen and oxygen atoms in total. The summed E-state index contributed by atoms with van der Waals surface area (Å²) in [5, 5.41) is 0.963. The predicted octanol–water partition coefficient (Wildman–Crippen LogP) is 7.89. The van der Waals surface area contributed by atoms with E-state index in [1.165, 1.54) is 0 Å². The fourth-order valence-corrected chi connectivity index (χ4v) is 5.07. The number of hydrogen-bond acceptors (Lipinski definition) is 5. The molecule has 0 saturated heterocycles. The minimum atomic E-state index is -0.335. The molecule has 0 amide bonds. The number of aromatic nitrogens is 4. The third-order valence-electron chi connectivity index (χ3n) is 6.74. The van der Waals surface area contributed by atoms with E-state index in [-0.39, 0.29) is 26.6 Å². The van der Waals surface area contributed by atoms with E-state index >= 15 is 0 Å². The zero-order chi connectivity index (χ0) is 26.6. The molecule has 0 radical (unpaired) electrons. The Kier molecular flexibility index (Phi) is 6.51. The number of fused-ring (bicyclic) bond motifs is 5. The first-order valence-corrected chi connectivity index (χ1v) is 12.9. The third-order valence-corrected chi connectivity index (χ3v) is 6.74. The number of nitrogens with zero attached hydrogens (tertiary/aromatic N) is 5. The molecule has 0 N–H and O–H groups in total. The fourth-order valence-electron chi connectivity index (χ4n) is 5.07. The van der Waals surface area contributed by atoms with Crippen LogP contribution in [-0.2, 0) is 21.1 Å². The molecule has 3 aromatic carbocycles. The van der Waals surface area contributed by atoms with Gasteiger partial charge < -0.3 is 19.4 Å². The zero-order valence-electron chi connectivity index (χ0n) is 22.2. The molecule has 7 aromatic rings. The van der Waals surface area contributed by atoms with E-state index in [1.54, 1.807) is 12.4 Å². The molecule has 0 aliphatic carbocycles. The second kappa shape index (κ2) is 10.0. The minimum absolute atomic E-state index is 0.